The summed E-state index contributed by atoms with van der Waals surface area (Å²) in [6.07, 6.45) is 2.97. The lowest BCUT2D eigenvalue weighted by Gasteiger charge is -2.30. The topological polar surface area (TPSA) is 120 Å². The van der Waals surface area contributed by atoms with Crippen LogP contribution in [0, 0.1) is 12.3 Å². The van der Waals surface area contributed by atoms with Crippen LogP contribution in [0.3, 0.4) is 0 Å². The number of rotatable bonds is 7. The van der Waals surface area contributed by atoms with Gasteiger partial charge in [0.15, 0.2) is 0 Å². The minimum absolute atomic E-state index is 0.0718. The fraction of sp³-hybridized carbons (Fsp3) is 0.269. The Labute approximate surface area is 203 Å². The third-order valence-electron chi connectivity index (χ3n) is 5.95. The number of carbonyl (C=O) groups excluding carboxylic acids is 1. The molecule has 0 atom stereocenters. The van der Waals surface area contributed by atoms with Gasteiger partial charge in [0.25, 0.3) is 5.91 Å². The quantitative estimate of drug-likeness (QED) is 0.386. The number of aryl methyl sites for hydroxylation is 1. The molecule has 1 aromatic heterocycles. The number of hydrogen-bond acceptors (Lipinski definition) is 8. The zero-order valence-corrected chi connectivity index (χ0v) is 20.0. The van der Waals surface area contributed by atoms with E-state index in [9.17, 15) is 9.90 Å². The molecule has 2 aromatic carbocycles. The Hall–Kier alpha value is -4.11. The molecular weight excluding hydrogens is 446 g/mol. The van der Waals surface area contributed by atoms with Gasteiger partial charge in [0.05, 0.1) is 37.1 Å². The molecule has 1 saturated heterocycles. The van der Waals surface area contributed by atoms with E-state index in [0.29, 0.717) is 54.4 Å². The molecule has 35 heavy (non-hydrogen) atoms. The van der Waals surface area contributed by atoms with Crippen molar-refractivity contribution in [1.82, 2.24) is 10.3 Å². The van der Waals surface area contributed by atoms with Gasteiger partial charge in [-0.1, -0.05) is 6.07 Å². The van der Waals surface area contributed by atoms with E-state index in [0.717, 1.165) is 22.2 Å². The number of aromatic nitrogens is 1. The van der Waals surface area contributed by atoms with Gasteiger partial charge in [-0.3, -0.25) is 4.79 Å². The van der Waals surface area contributed by atoms with Crippen LogP contribution in [0.15, 0.2) is 42.6 Å². The standard InChI is InChI=1S/C26H29N5O4/c1-16-10-25(32)29-21-13-24(34-3)22(12-19(16)21)30-26(33)20-11-17(18(14-27)15-28-2)4-5-23(20)31-6-8-35-9-7-31/h4-5,10-15,27-28H,6-9H2,1-3H3,(H,29,32)(H,30,33)/b18-15+,27-14?. The zero-order valence-electron chi connectivity index (χ0n) is 20.0. The summed E-state index contributed by atoms with van der Waals surface area (Å²) in [5.74, 6) is 0.0595. The van der Waals surface area contributed by atoms with Gasteiger partial charge >= 0.3 is 0 Å². The van der Waals surface area contributed by atoms with E-state index in [2.05, 4.69) is 20.5 Å². The predicted molar refractivity (Wildman–Crippen MR) is 138 cm³/mol. The molecule has 4 rings (SSSR count). The Bertz CT molecular complexity index is 1300. The van der Waals surface area contributed by atoms with Gasteiger partial charge in [0, 0.05) is 61.3 Å². The summed E-state index contributed by atoms with van der Waals surface area (Å²) in [4.78, 5) is 20.0. The third kappa shape index (κ3) is 5.04. The molecular formula is C26H29N5O4. The Morgan fingerprint density at radius 2 is 2.00 bits per heavy atom. The van der Waals surface area contributed by atoms with Crippen LogP contribution in [0.4, 0.5) is 11.4 Å². The maximum Gasteiger partial charge on any atom is 0.257 e. The molecule has 0 spiro atoms. The first-order valence-corrected chi connectivity index (χ1v) is 11.3. The fourth-order valence-corrected chi connectivity index (χ4v) is 4.20. The number of benzene rings is 2. The second-order valence-electron chi connectivity index (χ2n) is 8.19. The summed E-state index contributed by atoms with van der Waals surface area (Å²) in [5, 5.41) is 24.4. The second-order valence-corrected chi connectivity index (χ2v) is 8.19. The molecule has 182 valence electrons. The Balaban J connectivity index is 1.78. The molecule has 9 nitrogen and oxygen atoms in total. The molecule has 9 heteroatoms. The lowest BCUT2D eigenvalue weighted by molar-refractivity contribution is 0.102. The number of aromatic hydroxyl groups is 1. The van der Waals surface area contributed by atoms with Crippen molar-refractivity contribution in [3.05, 3.63) is 59.3 Å². The first kappa shape index (κ1) is 24.0. The van der Waals surface area contributed by atoms with E-state index in [-0.39, 0.29) is 11.8 Å². The number of methoxy groups -OCH3 is 1. The summed E-state index contributed by atoms with van der Waals surface area (Å²) < 4.78 is 11.0. The van der Waals surface area contributed by atoms with Crippen LogP contribution in [-0.4, -0.2) is 62.7 Å². The molecule has 2 heterocycles. The number of anilines is 2. The summed E-state index contributed by atoms with van der Waals surface area (Å²) >= 11 is 0. The number of fused-ring (bicyclic) bond motifs is 1. The summed E-state index contributed by atoms with van der Waals surface area (Å²) in [7, 11) is 3.28. The van der Waals surface area contributed by atoms with Crippen molar-refractivity contribution >= 4 is 40.0 Å². The van der Waals surface area contributed by atoms with Gasteiger partial charge in [-0.15, -0.1) is 0 Å². The lowest BCUT2D eigenvalue weighted by Crippen LogP contribution is -2.37. The summed E-state index contributed by atoms with van der Waals surface area (Å²) in [6, 6.07) is 10.7. The van der Waals surface area contributed by atoms with Crippen LogP contribution in [-0.2, 0) is 4.74 Å². The predicted octanol–water partition coefficient (Wildman–Crippen LogP) is 3.56. The maximum absolute atomic E-state index is 13.7. The van der Waals surface area contributed by atoms with Crippen LogP contribution >= 0.6 is 0 Å². The minimum Gasteiger partial charge on any atom is -0.494 e. The van der Waals surface area contributed by atoms with Gasteiger partial charge in [-0.25, -0.2) is 4.98 Å². The molecule has 0 unspecified atom stereocenters. The van der Waals surface area contributed by atoms with Gasteiger partial charge in [0.2, 0.25) is 5.88 Å². The molecule has 0 bridgehead atoms. The molecule has 1 amide bonds. The molecule has 4 N–H and O–H groups in total. The van der Waals surface area contributed by atoms with Crippen LogP contribution in [0.5, 0.6) is 11.6 Å². The maximum atomic E-state index is 13.7. The molecule has 0 saturated carbocycles. The molecule has 1 aliphatic rings. The monoisotopic (exact) mass is 475 g/mol. The number of carbonyl (C=O) groups is 1. The average Bonchev–Trinajstić information content (AvgIpc) is 2.87. The van der Waals surface area contributed by atoms with Crippen molar-refractivity contribution in [3.8, 4) is 11.6 Å². The molecule has 1 aliphatic heterocycles. The summed E-state index contributed by atoms with van der Waals surface area (Å²) in [6.45, 7) is 4.40. The Kier molecular flexibility index (Phi) is 7.17. The first-order valence-electron chi connectivity index (χ1n) is 11.3. The van der Waals surface area contributed by atoms with E-state index in [4.69, 9.17) is 14.9 Å². The normalized spacial score (nSPS) is 14.0. The van der Waals surface area contributed by atoms with Crippen LogP contribution in [0.1, 0.15) is 21.5 Å². The third-order valence-corrected chi connectivity index (χ3v) is 5.95. The van der Waals surface area contributed by atoms with Crippen molar-refractivity contribution in [2.24, 2.45) is 0 Å². The van der Waals surface area contributed by atoms with Gasteiger partial charge < -0.3 is 35.5 Å². The molecule has 0 radical (unpaired) electrons. The lowest BCUT2D eigenvalue weighted by atomic mass is 10.0. The smallest absolute Gasteiger partial charge is 0.257 e. The molecule has 1 fully saturated rings. The van der Waals surface area contributed by atoms with Crippen molar-refractivity contribution < 1.29 is 19.4 Å². The van der Waals surface area contributed by atoms with E-state index in [1.54, 1.807) is 37.5 Å². The molecule has 3 aromatic rings. The Morgan fingerprint density at radius 3 is 2.69 bits per heavy atom. The van der Waals surface area contributed by atoms with E-state index in [1.165, 1.54) is 13.3 Å². The minimum atomic E-state index is -0.302. The van der Waals surface area contributed by atoms with Crippen molar-refractivity contribution in [2.45, 2.75) is 6.92 Å². The number of hydrogen-bond donors (Lipinski definition) is 4. The number of nitrogens with one attached hydrogen (secondary N) is 3. The first-order chi connectivity index (χ1) is 16.9. The number of pyridine rings is 1. The highest BCUT2D eigenvalue weighted by atomic mass is 16.5. The van der Waals surface area contributed by atoms with Gasteiger partial charge in [-0.05, 0) is 36.2 Å². The number of amides is 1. The zero-order chi connectivity index (χ0) is 24.9. The number of allylic oxidation sites excluding steroid dienone is 1. The van der Waals surface area contributed by atoms with Crippen LogP contribution < -0.4 is 20.3 Å². The highest BCUT2D eigenvalue weighted by molar-refractivity contribution is 6.13. The number of ether oxygens (including phenoxy) is 2. The largest absolute Gasteiger partial charge is 0.494 e. The van der Waals surface area contributed by atoms with Crippen LogP contribution in [0.25, 0.3) is 16.5 Å². The second kappa shape index (κ2) is 10.4. The average molecular weight is 476 g/mol. The van der Waals surface area contributed by atoms with E-state index in [1.807, 2.05) is 19.1 Å². The Morgan fingerprint density at radius 1 is 1.23 bits per heavy atom. The number of morpholine rings is 1. The van der Waals surface area contributed by atoms with Crippen molar-refractivity contribution in [2.75, 3.05) is 50.7 Å². The highest BCUT2D eigenvalue weighted by Crippen LogP contribution is 2.34. The highest BCUT2D eigenvalue weighted by Gasteiger charge is 2.21. The van der Waals surface area contributed by atoms with Crippen molar-refractivity contribution in [3.63, 3.8) is 0 Å². The summed E-state index contributed by atoms with van der Waals surface area (Å²) in [5.41, 5.74) is 4.58. The van der Waals surface area contributed by atoms with E-state index < -0.39 is 0 Å². The van der Waals surface area contributed by atoms with Gasteiger partial charge in [-0.2, -0.15) is 0 Å². The van der Waals surface area contributed by atoms with Crippen molar-refractivity contribution in [1.29, 1.82) is 5.41 Å². The fourth-order valence-electron chi connectivity index (χ4n) is 4.20. The van der Waals surface area contributed by atoms with Crippen LogP contribution in [0.2, 0.25) is 0 Å². The SMILES string of the molecule is CN/C=C(\C=N)c1ccc(N2CCOCC2)c(C(=O)Nc2cc3c(C)cc(O)nc3cc2OC)c1. The number of nitrogens with zero attached hydrogens (tertiary/aromatic N) is 2. The molecule has 0 aliphatic carbocycles. The van der Waals surface area contributed by atoms with E-state index >= 15 is 0 Å². The van der Waals surface area contributed by atoms with Gasteiger partial charge in [0.1, 0.15) is 5.75 Å².